The summed E-state index contributed by atoms with van der Waals surface area (Å²) in [7, 11) is 0. The number of aromatic amines is 1. The van der Waals surface area contributed by atoms with E-state index in [0.717, 1.165) is 11.4 Å². The monoisotopic (exact) mass is 249 g/mol. The number of H-pyrrole nitrogens is 1. The Morgan fingerprint density at radius 3 is 2.94 bits per heavy atom. The number of aromatic nitrogens is 2. The van der Waals surface area contributed by atoms with Crippen LogP contribution in [0.4, 0.5) is 10.1 Å². The van der Waals surface area contributed by atoms with Crippen molar-refractivity contribution in [3.05, 3.63) is 42.0 Å². The van der Waals surface area contributed by atoms with E-state index in [2.05, 4.69) is 15.5 Å². The molecule has 1 atom stereocenters. The quantitative estimate of drug-likeness (QED) is 0.856. The number of nitrogens with zero attached hydrogens (tertiary/aromatic N) is 1. The van der Waals surface area contributed by atoms with Crippen molar-refractivity contribution in [1.29, 1.82) is 0 Å². The van der Waals surface area contributed by atoms with Crippen molar-refractivity contribution in [3.8, 4) is 5.75 Å². The molecule has 4 nitrogen and oxygen atoms in total. The van der Waals surface area contributed by atoms with Crippen LogP contribution in [0.1, 0.15) is 25.6 Å². The van der Waals surface area contributed by atoms with Crippen molar-refractivity contribution in [1.82, 2.24) is 10.2 Å². The van der Waals surface area contributed by atoms with Gasteiger partial charge in [-0.2, -0.15) is 5.10 Å². The fourth-order valence-corrected chi connectivity index (χ4v) is 1.71. The topological polar surface area (TPSA) is 49.9 Å². The van der Waals surface area contributed by atoms with Crippen molar-refractivity contribution in [3.63, 3.8) is 0 Å². The summed E-state index contributed by atoms with van der Waals surface area (Å²) >= 11 is 0. The van der Waals surface area contributed by atoms with Crippen LogP contribution in [0.25, 0.3) is 0 Å². The first-order valence-electron chi connectivity index (χ1n) is 5.89. The molecule has 1 aromatic carbocycles. The lowest BCUT2D eigenvalue weighted by atomic mass is 10.2. The van der Waals surface area contributed by atoms with E-state index in [1.807, 2.05) is 19.9 Å². The zero-order valence-electron chi connectivity index (χ0n) is 10.4. The van der Waals surface area contributed by atoms with Crippen molar-refractivity contribution < 1.29 is 9.13 Å². The molecule has 2 aromatic rings. The Morgan fingerprint density at radius 2 is 2.28 bits per heavy atom. The molecule has 0 bridgehead atoms. The number of benzene rings is 1. The predicted molar refractivity (Wildman–Crippen MR) is 68.2 cm³/mol. The van der Waals surface area contributed by atoms with Gasteiger partial charge < -0.3 is 10.1 Å². The third-order valence-electron chi connectivity index (χ3n) is 2.60. The Balaban J connectivity index is 2.17. The summed E-state index contributed by atoms with van der Waals surface area (Å²) in [6.45, 7) is 4.36. The predicted octanol–water partition coefficient (Wildman–Crippen LogP) is 3.12. The third-order valence-corrected chi connectivity index (χ3v) is 2.60. The van der Waals surface area contributed by atoms with E-state index in [4.69, 9.17) is 4.74 Å². The molecular formula is C13H16FN3O. The summed E-state index contributed by atoms with van der Waals surface area (Å²) in [6, 6.07) is 6.39. The van der Waals surface area contributed by atoms with Gasteiger partial charge in [0, 0.05) is 12.3 Å². The highest BCUT2D eigenvalue weighted by molar-refractivity contribution is 5.57. The van der Waals surface area contributed by atoms with Crippen LogP contribution in [-0.2, 0) is 0 Å². The van der Waals surface area contributed by atoms with Gasteiger partial charge in [0.25, 0.3) is 0 Å². The van der Waals surface area contributed by atoms with E-state index in [1.54, 1.807) is 12.3 Å². The third kappa shape index (κ3) is 2.80. The summed E-state index contributed by atoms with van der Waals surface area (Å²) in [5.74, 6) is 0.210. The summed E-state index contributed by atoms with van der Waals surface area (Å²) in [4.78, 5) is 0. The molecule has 0 aliphatic rings. The molecule has 0 aliphatic heterocycles. The highest BCUT2D eigenvalue weighted by atomic mass is 19.1. The maximum Gasteiger partial charge on any atom is 0.145 e. The second kappa shape index (κ2) is 5.53. The number of rotatable bonds is 5. The largest absolute Gasteiger partial charge is 0.492 e. The number of nitrogens with one attached hydrogen (secondary N) is 2. The van der Waals surface area contributed by atoms with E-state index < -0.39 is 0 Å². The molecule has 2 N–H and O–H groups in total. The number of hydrogen-bond acceptors (Lipinski definition) is 3. The van der Waals surface area contributed by atoms with Gasteiger partial charge in [0.2, 0.25) is 0 Å². The summed E-state index contributed by atoms with van der Waals surface area (Å²) in [6.07, 6.45) is 1.70. The first-order valence-corrected chi connectivity index (χ1v) is 5.89. The molecule has 0 aliphatic carbocycles. The molecule has 0 fully saturated rings. The molecular weight excluding hydrogens is 233 g/mol. The SMILES string of the molecule is CCOc1cc(F)ccc1NC(C)c1ccn[nH]1. The summed E-state index contributed by atoms with van der Waals surface area (Å²) in [5.41, 5.74) is 1.72. The summed E-state index contributed by atoms with van der Waals surface area (Å²) < 4.78 is 18.6. The van der Waals surface area contributed by atoms with Gasteiger partial charge >= 0.3 is 0 Å². The number of anilines is 1. The van der Waals surface area contributed by atoms with E-state index in [1.165, 1.54) is 12.1 Å². The maximum atomic E-state index is 13.2. The van der Waals surface area contributed by atoms with Crippen LogP contribution >= 0.6 is 0 Å². The molecule has 96 valence electrons. The molecule has 5 heteroatoms. The van der Waals surface area contributed by atoms with Crippen LogP contribution in [0.2, 0.25) is 0 Å². The molecule has 0 radical (unpaired) electrons. The average Bonchev–Trinajstić information content (AvgIpc) is 2.86. The maximum absolute atomic E-state index is 13.2. The minimum absolute atomic E-state index is 0.0390. The Labute approximate surface area is 105 Å². The standard InChI is InChI=1S/C13H16FN3O/c1-3-18-13-8-10(14)4-5-12(13)16-9(2)11-6-7-15-17-11/h4-9,16H,3H2,1-2H3,(H,15,17). The molecule has 0 spiro atoms. The van der Waals surface area contributed by atoms with Crippen LogP contribution in [0.15, 0.2) is 30.5 Å². The van der Waals surface area contributed by atoms with E-state index in [9.17, 15) is 4.39 Å². The van der Waals surface area contributed by atoms with Crippen molar-refractivity contribution >= 4 is 5.69 Å². The number of hydrogen-bond donors (Lipinski definition) is 2. The molecule has 0 amide bonds. The Kier molecular flexibility index (Phi) is 3.82. The number of ether oxygens (including phenoxy) is 1. The smallest absolute Gasteiger partial charge is 0.145 e. The average molecular weight is 249 g/mol. The Morgan fingerprint density at radius 1 is 1.44 bits per heavy atom. The van der Waals surface area contributed by atoms with Gasteiger partial charge in [0.05, 0.1) is 24.0 Å². The van der Waals surface area contributed by atoms with Crippen molar-refractivity contribution in [2.45, 2.75) is 19.9 Å². The first-order chi connectivity index (χ1) is 8.70. The fraction of sp³-hybridized carbons (Fsp3) is 0.308. The lowest BCUT2D eigenvalue weighted by Gasteiger charge is -2.17. The minimum atomic E-state index is -0.307. The Bertz CT molecular complexity index is 499. The van der Waals surface area contributed by atoms with Gasteiger partial charge in [-0.05, 0) is 32.0 Å². The molecule has 2 rings (SSSR count). The van der Waals surface area contributed by atoms with Crippen LogP contribution in [0, 0.1) is 5.82 Å². The lowest BCUT2D eigenvalue weighted by Crippen LogP contribution is -2.09. The molecule has 0 saturated carbocycles. The molecule has 1 aromatic heterocycles. The highest BCUT2D eigenvalue weighted by Crippen LogP contribution is 2.28. The minimum Gasteiger partial charge on any atom is -0.492 e. The molecule has 0 saturated heterocycles. The highest BCUT2D eigenvalue weighted by Gasteiger charge is 2.10. The fourth-order valence-electron chi connectivity index (χ4n) is 1.71. The van der Waals surface area contributed by atoms with Crippen LogP contribution in [-0.4, -0.2) is 16.8 Å². The zero-order chi connectivity index (χ0) is 13.0. The van der Waals surface area contributed by atoms with Gasteiger partial charge in [-0.25, -0.2) is 4.39 Å². The van der Waals surface area contributed by atoms with Gasteiger partial charge in [0.1, 0.15) is 11.6 Å². The van der Waals surface area contributed by atoms with Crippen molar-refractivity contribution in [2.24, 2.45) is 0 Å². The van der Waals surface area contributed by atoms with Crippen LogP contribution < -0.4 is 10.1 Å². The molecule has 1 heterocycles. The molecule has 18 heavy (non-hydrogen) atoms. The second-order valence-corrected chi connectivity index (χ2v) is 3.95. The van der Waals surface area contributed by atoms with Crippen LogP contribution in [0.5, 0.6) is 5.75 Å². The zero-order valence-corrected chi connectivity index (χ0v) is 10.4. The lowest BCUT2D eigenvalue weighted by molar-refractivity contribution is 0.339. The van der Waals surface area contributed by atoms with E-state index >= 15 is 0 Å². The summed E-state index contributed by atoms with van der Waals surface area (Å²) in [5, 5.41) is 10.1. The van der Waals surface area contributed by atoms with Crippen LogP contribution in [0.3, 0.4) is 0 Å². The van der Waals surface area contributed by atoms with E-state index in [0.29, 0.717) is 12.4 Å². The van der Waals surface area contributed by atoms with Gasteiger partial charge in [-0.3, -0.25) is 5.10 Å². The van der Waals surface area contributed by atoms with Gasteiger partial charge in [-0.1, -0.05) is 0 Å². The normalized spacial score (nSPS) is 12.2. The first kappa shape index (κ1) is 12.4. The van der Waals surface area contributed by atoms with E-state index in [-0.39, 0.29) is 11.9 Å². The van der Waals surface area contributed by atoms with Gasteiger partial charge in [-0.15, -0.1) is 0 Å². The van der Waals surface area contributed by atoms with Crippen molar-refractivity contribution in [2.75, 3.05) is 11.9 Å². The Hall–Kier alpha value is -2.04. The second-order valence-electron chi connectivity index (χ2n) is 3.95. The van der Waals surface area contributed by atoms with Gasteiger partial charge in [0.15, 0.2) is 0 Å². The molecule has 1 unspecified atom stereocenters. The number of halogens is 1.